The van der Waals surface area contributed by atoms with Crippen LogP contribution in [0, 0.1) is 0 Å². The van der Waals surface area contributed by atoms with Gasteiger partial charge in [0.05, 0.1) is 0 Å². The molecule has 0 aromatic carbocycles. The summed E-state index contributed by atoms with van der Waals surface area (Å²) in [6, 6.07) is 0. The van der Waals surface area contributed by atoms with E-state index in [9.17, 15) is 0 Å². The summed E-state index contributed by atoms with van der Waals surface area (Å²) < 4.78 is 5.91. The highest BCUT2D eigenvalue weighted by molar-refractivity contribution is 5.41. The molecule has 0 N–H and O–H groups in total. The number of nitrogens with zero attached hydrogens (tertiary/aromatic N) is 1. The van der Waals surface area contributed by atoms with E-state index < -0.39 is 0 Å². The number of unbranched alkanes of at least 4 members (excludes halogenated alkanes) is 1. The van der Waals surface area contributed by atoms with E-state index in [1.54, 1.807) is 0 Å². The molecule has 1 atom stereocenters. The van der Waals surface area contributed by atoms with Gasteiger partial charge in [0.2, 0.25) is 0 Å². The normalized spacial score (nSPS) is 26.1. The Bertz CT molecular complexity index is 332. The molecule has 1 aliphatic heterocycles. The number of fused-ring (bicyclic) bond motifs is 1. The number of hydrogen-bond acceptors (Lipinski definition) is 2. The van der Waals surface area contributed by atoms with Crippen LogP contribution in [-0.2, 0) is 4.74 Å². The lowest BCUT2D eigenvalue weighted by Crippen LogP contribution is -2.36. The predicted octanol–water partition coefficient (Wildman–Crippen LogP) is 3.50. The second kappa shape index (κ2) is 5.26. The summed E-state index contributed by atoms with van der Waals surface area (Å²) >= 11 is 0. The summed E-state index contributed by atoms with van der Waals surface area (Å²) in [5.74, 6) is 1.25. The van der Waals surface area contributed by atoms with Gasteiger partial charge in [-0.25, -0.2) is 0 Å². The lowest BCUT2D eigenvalue weighted by Gasteiger charge is -2.24. The Labute approximate surface area is 105 Å². The van der Waals surface area contributed by atoms with Crippen LogP contribution < -0.4 is 0 Å². The van der Waals surface area contributed by atoms with Crippen LogP contribution >= 0.6 is 0 Å². The fraction of sp³-hybridized carbons (Fsp3) is 0.733. The number of ether oxygens (including phenoxy) is 1. The van der Waals surface area contributed by atoms with Crippen LogP contribution in [0.4, 0.5) is 0 Å². The molecule has 1 saturated heterocycles. The second-order valence-corrected chi connectivity index (χ2v) is 5.34. The molecule has 1 aliphatic carbocycles. The van der Waals surface area contributed by atoms with Crippen molar-refractivity contribution in [2.45, 2.75) is 52.1 Å². The second-order valence-electron chi connectivity index (χ2n) is 5.34. The molecule has 2 heteroatoms. The molecule has 0 saturated carbocycles. The minimum atomic E-state index is 0.0573. The molecule has 0 aromatic heterocycles. The molecule has 0 amide bonds. The van der Waals surface area contributed by atoms with E-state index >= 15 is 0 Å². The smallest absolute Gasteiger partial charge is 0.181 e. The van der Waals surface area contributed by atoms with Crippen LogP contribution in [0.25, 0.3) is 0 Å². The van der Waals surface area contributed by atoms with Gasteiger partial charge >= 0.3 is 0 Å². The van der Waals surface area contributed by atoms with Gasteiger partial charge < -0.3 is 4.74 Å². The van der Waals surface area contributed by atoms with Gasteiger partial charge in [0.1, 0.15) is 5.76 Å². The van der Waals surface area contributed by atoms with Crippen molar-refractivity contribution in [2.75, 3.05) is 19.6 Å². The molecule has 17 heavy (non-hydrogen) atoms. The average Bonchev–Trinajstić information content (AvgIpc) is 3.02. The molecule has 2 aliphatic rings. The SMILES string of the molecule is CCCCN(CCC)CC12CC=CC(C)=C1O2. The maximum Gasteiger partial charge on any atom is 0.181 e. The highest BCUT2D eigenvalue weighted by Gasteiger charge is 2.54. The summed E-state index contributed by atoms with van der Waals surface area (Å²) in [4.78, 5) is 2.57. The molecule has 2 rings (SSSR count). The fourth-order valence-corrected chi connectivity index (χ4v) is 2.74. The Kier molecular flexibility index (Phi) is 3.93. The molecule has 1 unspecified atom stereocenters. The maximum absolute atomic E-state index is 5.91. The van der Waals surface area contributed by atoms with E-state index in [2.05, 4.69) is 37.8 Å². The van der Waals surface area contributed by atoms with Crippen LogP contribution in [0.2, 0.25) is 0 Å². The first-order valence-corrected chi connectivity index (χ1v) is 7.01. The van der Waals surface area contributed by atoms with Gasteiger partial charge in [-0.15, -0.1) is 0 Å². The summed E-state index contributed by atoms with van der Waals surface area (Å²) in [6.45, 7) is 10.2. The number of allylic oxidation sites excluding steroid dienone is 2. The number of rotatable bonds is 7. The summed E-state index contributed by atoms with van der Waals surface area (Å²) in [5.41, 5.74) is 1.38. The van der Waals surface area contributed by atoms with Crippen molar-refractivity contribution in [3.63, 3.8) is 0 Å². The van der Waals surface area contributed by atoms with E-state index in [0.29, 0.717) is 0 Å². The molecule has 2 nitrogen and oxygen atoms in total. The van der Waals surface area contributed by atoms with Gasteiger partial charge in [0.25, 0.3) is 0 Å². The minimum absolute atomic E-state index is 0.0573. The average molecular weight is 235 g/mol. The zero-order chi connectivity index (χ0) is 12.3. The summed E-state index contributed by atoms with van der Waals surface area (Å²) in [5, 5.41) is 0. The molecule has 96 valence electrons. The lowest BCUT2D eigenvalue weighted by atomic mass is 9.96. The van der Waals surface area contributed by atoms with Crippen molar-refractivity contribution in [2.24, 2.45) is 0 Å². The molecular formula is C15H25NO. The third-order valence-electron chi connectivity index (χ3n) is 3.69. The van der Waals surface area contributed by atoms with Crippen molar-refractivity contribution in [3.05, 3.63) is 23.5 Å². The van der Waals surface area contributed by atoms with Crippen molar-refractivity contribution in [1.82, 2.24) is 4.90 Å². The third kappa shape index (κ3) is 2.74. The summed E-state index contributed by atoms with van der Waals surface area (Å²) in [6.07, 6.45) is 9.31. The highest BCUT2D eigenvalue weighted by Crippen LogP contribution is 2.49. The van der Waals surface area contributed by atoms with Crippen LogP contribution in [0.1, 0.15) is 46.5 Å². The zero-order valence-corrected chi connectivity index (χ0v) is 11.5. The van der Waals surface area contributed by atoms with Gasteiger partial charge in [-0.05, 0) is 38.4 Å². The molecular weight excluding hydrogens is 210 g/mol. The van der Waals surface area contributed by atoms with E-state index in [1.807, 2.05) is 0 Å². The highest BCUT2D eigenvalue weighted by atomic mass is 16.6. The zero-order valence-electron chi connectivity index (χ0n) is 11.5. The molecule has 0 bridgehead atoms. The van der Waals surface area contributed by atoms with Crippen LogP contribution in [0.5, 0.6) is 0 Å². The Morgan fingerprint density at radius 2 is 2.12 bits per heavy atom. The summed E-state index contributed by atoms with van der Waals surface area (Å²) in [7, 11) is 0. The van der Waals surface area contributed by atoms with Crippen LogP contribution in [-0.4, -0.2) is 30.1 Å². The maximum atomic E-state index is 5.91. The lowest BCUT2D eigenvalue weighted by molar-refractivity contribution is 0.185. The first-order valence-electron chi connectivity index (χ1n) is 7.01. The monoisotopic (exact) mass is 235 g/mol. The largest absolute Gasteiger partial charge is 0.477 e. The van der Waals surface area contributed by atoms with Gasteiger partial charge in [-0.1, -0.05) is 32.4 Å². The number of epoxide rings is 1. The fourth-order valence-electron chi connectivity index (χ4n) is 2.74. The first kappa shape index (κ1) is 12.7. The van der Waals surface area contributed by atoms with Gasteiger partial charge in [-0.3, -0.25) is 4.90 Å². The Morgan fingerprint density at radius 3 is 2.82 bits per heavy atom. The Hall–Kier alpha value is -0.760. The molecule has 0 spiro atoms. The van der Waals surface area contributed by atoms with E-state index in [0.717, 1.165) is 13.0 Å². The van der Waals surface area contributed by atoms with Crippen molar-refractivity contribution < 1.29 is 4.74 Å². The first-order chi connectivity index (χ1) is 8.22. The van der Waals surface area contributed by atoms with Crippen molar-refractivity contribution >= 4 is 0 Å². The molecule has 0 aromatic rings. The topological polar surface area (TPSA) is 15.8 Å². The van der Waals surface area contributed by atoms with Crippen molar-refractivity contribution in [3.8, 4) is 0 Å². The van der Waals surface area contributed by atoms with Gasteiger partial charge in [0, 0.05) is 13.0 Å². The standard InChI is InChI=1S/C15H25NO/c1-4-6-11-16(10-5-2)12-15-9-7-8-13(3)14(15)17-15/h7-8H,4-6,9-12H2,1-3H3. The van der Waals surface area contributed by atoms with Crippen LogP contribution in [0.3, 0.4) is 0 Å². The minimum Gasteiger partial charge on any atom is -0.477 e. The third-order valence-corrected chi connectivity index (χ3v) is 3.69. The molecule has 0 radical (unpaired) electrons. The van der Waals surface area contributed by atoms with Crippen LogP contribution in [0.15, 0.2) is 23.5 Å². The van der Waals surface area contributed by atoms with Crippen molar-refractivity contribution in [1.29, 1.82) is 0 Å². The van der Waals surface area contributed by atoms with Gasteiger partial charge in [0.15, 0.2) is 5.60 Å². The van der Waals surface area contributed by atoms with E-state index in [1.165, 1.54) is 43.7 Å². The molecule has 1 heterocycles. The number of hydrogen-bond donors (Lipinski definition) is 0. The quantitative estimate of drug-likeness (QED) is 0.628. The Morgan fingerprint density at radius 1 is 1.29 bits per heavy atom. The van der Waals surface area contributed by atoms with E-state index in [-0.39, 0.29) is 5.60 Å². The Balaban J connectivity index is 1.93. The molecule has 1 fully saturated rings. The van der Waals surface area contributed by atoms with Gasteiger partial charge in [-0.2, -0.15) is 0 Å². The van der Waals surface area contributed by atoms with E-state index in [4.69, 9.17) is 4.74 Å². The predicted molar refractivity (Wildman–Crippen MR) is 71.9 cm³/mol.